The van der Waals surface area contributed by atoms with E-state index in [1.807, 2.05) is 44.2 Å². The molecular formula is C37H47N11O4. The molecule has 10 N–H and O–H groups in total. The molecule has 0 aliphatic rings. The number of nitrogens with one attached hydrogen (secondary N) is 4. The van der Waals surface area contributed by atoms with E-state index in [2.05, 4.69) is 41.7 Å². The van der Waals surface area contributed by atoms with Gasteiger partial charge in [0.2, 0.25) is 17.8 Å². The molecule has 3 aromatic carbocycles. The molecule has 0 aliphatic carbocycles. The minimum Gasteiger partial charge on any atom is -0.386 e. The highest BCUT2D eigenvalue weighted by Crippen LogP contribution is 2.14. The van der Waals surface area contributed by atoms with Gasteiger partial charge in [-0.15, -0.1) is 15.3 Å². The van der Waals surface area contributed by atoms with E-state index in [0.29, 0.717) is 40.4 Å². The van der Waals surface area contributed by atoms with Crippen molar-refractivity contribution in [3.63, 3.8) is 0 Å². The Morgan fingerprint density at radius 3 is 1.63 bits per heavy atom. The number of benzene rings is 3. The van der Waals surface area contributed by atoms with Gasteiger partial charge in [-0.3, -0.25) is 19.2 Å². The minimum atomic E-state index is -0.863. The van der Waals surface area contributed by atoms with Gasteiger partial charge >= 0.3 is 0 Å². The van der Waals surface area contributed by atoms with Crippen LogP contribution in [0.3, 0.4) is 0 Å². The van der Waals surface area contributed by atoms with Gasteiger partial charge in [0.15, 0.2) is 0 Å². The average Bonchev–Trinajstić information content (AvgIpc) is 3.12. The van der Waals surface area contributed by atoms with Crippen LogP contribution in [0.15, 0.2) is 99.3 Å². The van der Waals surface area contributed by atoms with Gasteiger partial charge in [0.05, 0.1) is 5.71 Å². The zero-order valence-electron chi connectivity index (χ0n) is 30.0. The Labute approximate surface area is 303 Å². The molecule has 4 amide bonds. The largest absolute Gasteiger partial charge is 0.386 e. The first kappa shape index (κ1) is 40.1. The first-order chi connectivity index (χ1) is 24.7. The van der Waals surface area contributed by atoms with Crippen molar-refractivity contribution < 1.29 is 19.2 Å². The van der Waals surface area contributed by atoms with E-state index in [0.717, 1.165) is 11.1 Å². The molecule has 0 bridgehead atoms. The second-order valence-corrected chi connectivity index (χ2v) is 12.4. The van der Waals surface area contributed by atoms with Crippen LogP contribution in [-0.4, -0.2) is 72.0 Å². The minimum absolute atomic E-state index is 0.106. The van der Waals surface area contributed by atoms with E-state index >= 15 is 0 Å². The van der Waals surface area contributed by atoms with Crippen LogP contribution in [0.4, 0.5) is 0 Å². The summed E-state index contributed by atoms with van der Waals surface area (Å²) in [5, 5.41) is 26.8. The Hall–Kier alpha value is -6.38. The molecule has 0 heterocycles. The van der Waals surface area contributed by atoms with E-state index in [9.17, 15) is 19.2 Å². The van der Waals surface area contributed by atoms with Gasteiger partial charge in [-0.2, -0.15) is 5.10 Å². The molecular weight excluding hydrogens is 662 g/mol. The number of carbonyl (C=O) groups is 4. The molecule has 0 saturated carbocycles. The fourth-order valence-corrected chi connectivity index (χ4v) is 4.78. The van der Waals surface area contributed by atoms with Gasteiger partial charge in [-0.25, -0.2) is 0 Å². The first-order valence-electron chi connectivity index (χ1n) is 16.7. The predicted molar refractivity (Wildman–Crippen MR) is 204 cm³/mol. The van der Waals surface area contributed by atoms with Crippen LogP contribution in [0.2, 0.25) is 0 Å². The highest BCUT2D eigenvalue weighted by molar-refractivity contribution is 6.13. The molecule has 52 heavy (non-hydrogen) atoms. The summed E-state index contributed by atoms with van der Waals surface area (Å²) in [5.41, 5.74) is 20.5. The van der Waals surface area contributed by atoms with Crippen LogP contribution in [-0.2, 0) is 9.59 Å². The number of nitrogens with zero attached hydrogens (tertiary/aromatic N) is 4. The fraction of sp³-hybridized carbons (Fsp3) is 0.297. The van der Waals surface area contributed by atoms with Crippen molar-refractivity contribution in [1.29, 1.82) is 0 Å². The molecule has 15 nitrogen and oxygen atoms in total. The Balaban J connectivity index is 1.51. The summed E-state index contributed by atoms with van der Waals surface area (Å²) in [6, 6.07) is 21.0. The summed E-state index contributed by atoms with van der Waals surface area (Å²) in [7, 11) is 0. The van der Waals surface area contributed by atoms with E-state index in [4.69, 9.17) is 17.2 Å². The first-order valence-corrected chi connectivity index (χ1v) is 16.7. The van der Waals surface area contributed by atoms with Crippen molar-refractivity contribution in [3.05, 3.63) is 107 Å². The van der Waals surface area contributed by atoms with Gasteiger partial charge in [0.1, 0.15) is 23.6 Å². The Kier molecular flexibility index (Phi) is 15.2. The summed E-state index contributed by atoms with van der Waals surface area (Å²) >= 11 is 0. The van der Waals surface area contributed by atoms with Crippen molar-refractivity contribution in [2.24, 2.45) is 43.5 Å². The molecule has 274 valence electrons. The summed E-state index contributed by atoms with van der Waals surface area (Å²) < 4.78 is 0. The van der Waals surface area contributed by atoms with Gasteiger partial charge in [0.25, 0.3) is 11.8 Å². The summed E-state index contributed by atoms with van der Waals surface area (Å²) in [6.45, 7) is 9.08. The van der Waals surface area contributed by atoms with E-state index in [1.54, 1.807) is 69.3 Å². The topological polar surface area (TPSA) is 244 Å². The summed E-state index contributed by atoms with van der Waals surface area (Å²) in [4.78, 5) is 51.7. The van der Waals surface area contributed by atoms with Gasteiger partial charge in [0, 0.05) is 35.3 Å². The number of amides is 4. The monoisotopic (exact) mass is 709 g/mol. The standard InChI is InChI=1S/C37H47N11O4/c1-22(2)21-31(44-35(51)30-15-11-26(12-16-30)23(3)45-46-25(5)38)36(52)42-20-19-41-33(49)24(4)43-34(50)29-17-13-28(14-18-29)32(47-48-37(39)40)27-9-7-6-8-10-27/h6-18,22,24,31H,19-21H2,1-5H3,(H2,38,46)(H,41,49)(H,42,52)(H,43,50)(H,44,51)(H4,39,40,48)/b45-23+,47-32+/t24-,31-/m0/s1. The normalized spacial score (nSPS) is 13.1. The molecule has 15 heteroatoms. The molecule has 0 radical (unpaired) electrons. The maximum atomic E-state index is 13.1. The maximum absolute atomic E-state index is 13.1. The highest BCUT2D eigenvalue weighted by atomic mass is 16.2. The molecule has 3 aromatic rings. The number of hydrogen-bond acceptors (Lipinski definition) is 8. The number of nitrogens with two attached hydrogens (primary N) is 3. The van der Waals surface area contributed by atoms with Gasteiger partial charge < -0.3 is 38.5 Å². The van der Waals surface area contributed by atoms with Crippen LogP contribution >= 0.6 is 0 Å². The van der Waals surface area contributed by atoms with Crippen LogP contribution < -0.4 is 38.5 Å². The van der Waals surface area contributed by atoms with Crippen LogP contribution in [0.1, 0.15) is 78.4 Å². The Bertz CT molecular complexity index is 1810. The predicted octanol–water partition coefficient (Wildman–Crippen LogP) is 2.01. The van der Waals surface area contributed by atoms with Crippen LogP contribution in [0, 0.1) is 5.92 Å². The second kappa shape index (κ2) is 19.7. The quantitative estimate of drug-likeness (QED) is 0.0504. The molecule has 0 fully saturated rings. The second-order valence-electron chi connectivity index (χ2n) is 12.4. The van der Waals surface area contributed by atoms with Crippen molar-refractivity contribution in [2.45, 2.75) is 53.1 Å². The summed E-state index contributed by atoms with van der Waals surface area (Å²) in [5.74, 6) is -1.41. The van der Waals surface area contributed by atoms with E-state index < -0.39 is 29.8 Å². The number of carbonyl (C=O) groups excluding carboxylic acids is 4. The third-order valence-electron chi connectivity index (χ3n) is 7.45. The molecule has 2 atom stereocenters. The Morgan fingerprint density at radius 1 is 0.596 bits per heavy atom. The highest BCUT2D eigenvalue weighted by Gasteiger charge is 2.23. The van der Waals surface area contributed by atoms with Gasteiger partial charge in [-0.05, 0) is 62.9 Å². The zero-order valence-corrected chi connectivity index (χ0v) is 30.0. The summed E-state index contributed by atoms with van der Waals surface area (Å²) in [6.07, 6.45) is 0.408. The molecule has 0 unspecified atom stereocenters. The average molecular weight is 710 g/mol. The molecule has 3 rings (SSSR count). The Morgan fingerprint density at radius 2 is 1.10 bits per heavy atom. The lowest BCUT2D eigenvalue weighted by atomic mass is 10.0. The molecule has 0 spiro atoms. The number of hydrogen-bond donors (Lipinski definition) is 7. The lowest BCUT2D eigenvalue weighted by Crippen LogP contribution is -2.50. The number of guanidine groups is 1. The number of amidine groups is 1. The molecule has 0 saturated heterocycles. The van der Waals surface area contributed by atoms with E-state index in [1.165, 1.54) is 0 Å². The zero-order chi connectivity index (χ0) is 38.2. The van der Waals surface area contributed by atoms with Crippen molar-refractivity contribution in [3.8, 4) is 0 Å². The smallest absolute Gasteiger partial charge is 0.251 e. The van der Waals surface area contributed by atoms with Crippen molar-refractivity contribution in [2.75, 3.05) is 13.1 Å². The maximum Gasteiger partial charge on any atom is 0.251 e. The van der Waals surface area contributed by atoms with Crippen molar-refractivity contribution in [1.82, 2.24) is 21.3 Å². The molecule has 0 aliphatic heterocycles. The fourth-order valence-electron chi connectivity index (χ4n) is 4.78. The van der Waals surface area contributed by atoms with Crippen LogP contribution in [0.5, 0.6) is 0 Å². The van der Waals surface area contributed by atoms with Crippen LogP contribution in [0.25, 0.3) is 0 Å². The molecule has 0 aromatic heterocycles. The lowest BCUT2D eigenvalue weighted by Gasteiger charge is -2.20. The third kappa shape index (κ3) is 12.8. The van der Waals surface area contributed by atoms with Gasteiger partial charge in [-0.1, -0.05) is 68.4 Å². The SMILES string of the molecule is CC(N)=N/N=C(\C)c1ccc(C(=O)N[C@@H](CC(C)C)C(=O)NCCNC(=O)[C@H](C)NC(=O)c2ccc(/C(=N/N=C(N)N)c3ccccc3)cc2)cc1. The third-order valence-corrected chi connectivity index (χ3v) is 7.45. The lowest BCUT2D eigenvalue weighted by molar-refractivity contribution is -0.124. The van der Waals surface area contributed by atoms with E-state index in [-0.39, 0.29) is 30.9 Å². The number of rotatable bonds is 16. The van der Waals surface area contributed by atoms with Crippen molar-refractivity contribution >= 4 is 46.8 Å².